The fourth-order valence-corrected chi connectivity index (χ4v) is 2.89. The average Bonchev–Trinajstić information content (AvgIpc) is 2.69. The summed E-state index contributed by atoms with van der Waals surface area (Å²) in [6, 6.07) is 17.3. The molecule has 1 heterocycles. The molecule has 0 aliphatic rings. The van der Waals surface area contributed by atoms with Gasteiger partial charge in [-0.25, -0.2) is 4.98 Å². The van der Waals surface area contributed by atoms with Gasteiger partial charge in [0.2, 0.25) is 5.91 Å². The third kappa shape index (κ3) is 4.79. The zero-order chi connectivity index (χ0) is 18.2. The molecular weight excluding hydrogens is 326 g/mol. The van der Waals surface area contributed by atoms with E-state index in [1.165, 1.54) is 0 Å². The van der Waals surface area contributed by atoms with Crippen LogP contribution in [0.25, 0.3) is 10.9 Å². The summed E-state index contributed by atoms with van der Waals surface area (Å²) in [4.78, 5) is 28.6. The minimum absolute atomic E-state index is 0.00351. The Morgan fingerprint density at radius 3 is 2.58 bits per heavy atom. The molecule has 0 aliphatic heterocycles. The van der Waals surface area contributed by atoms with Gasteiger partial charge in [-0.1, -0.05) is 48.9 Å². The molecule has 26 heavy (non-hydrogen) atoms. The molecule has 3 aromatic rings. The highest BCUT2D eigenvalue weighted by Crippen LogP contribution is 2.06. The average molecular weight is 349 g/mol. The molecule has 0 aliphatic carbocycles. The highest BCUT2D eigenvalue weighted by atomic mass is 16.1. The Balaban J connectivity index is 1.38. The Bertz CT molecular complexity index is 919. The highest BCUT2D eigenvalue weighted by Gasteiger charge is 2.04. The number of para-hydroxylation sites is 1. The molecule has 3 rings (SSSR count). The first-order valence-corrected chi connectivity index (χ1v) is 8.99. The van der Waals surface area contributed by atoms with Crippen LogP contribution in [0.2, 0.25) is 0 Å². The number of rotatable bonds is 8. The third-order valence-corrected chi connectivity index (χ3v) is 4.37. The number of aryl methyl sites for hydroxylation is 1. The van der Waals surface area contributed by atoms with Crippen molar-refractivity contribution in [2.45, 2.75) is 38.8 Å². The van der Waals surface area contributed by atoms with E-state index in [4.69, 9.17) is 0 Å². The van der Waals surface area contributed by atoms with E-state index in [2.05, 4.69) is 10.3 Å². The van der Waals surface area contributed by atoms with Crippen LogP contribution in [0, 0.1) is 0 Å². The number of hydrogen-bond donors (Lipinski definition) is 1. The summed E-state index contributed by atoms with van der Waals surface area (Å²) < 4.78 is 1.65. The van der Waals surface area contributed by atoms with E-state index in [1.807, 2.05) is 48.5 Å². The topological polar surface area (TPSA) is 64.0 Å². The Morgan fingerprint density at radius 1 is 0.962 bits per heavy atom. The molecule has 1 N–H and O–H groups in total. The lowest BCUT2D eigenvalue weighted by atomic mass is 10.1. The van der Waals surface area contributed by atoms with Gasteiger partial charge in [0.25, 0.3) is 5.56 Å². The quantitative estimate of drug-likeness (QED) is 0.635. The minimum atomic E-state index is -0.00351. The van der Waals surface area contributed by atoms with Crippen LogP contribution >= 0.6 is 0 Å². The largest absolute Gasteiger partial charge is 0.352 e. The first kappa shape index (κ1) is 17.9. The SMILES string of the molecule is O=C(CCCCCn1cnc2ccccc2c1=O)NCc1ccccc1. The van der Waals surface area contributed by atoms with E-state index in [0.29, 0.717) is 24.9 Å². The smallest absolute Gasteiger partial charge is 0.261 e. The molecule has 0 saturated heterocycles. The fraction of sp³-hybridized carbons (Fsp3) is 0.286. The number of benzene rings is 2. The van der Waals surface area contributed by atoms with Crippen molar-refractivity contribution in [1.29, 1.82) is 0 Å². The standard InChI is InChI=1S/C21H23N3O2/c25-20(22-15-17-9-3-1-4-10-17)13-5-2-8-14-24-16-23-19-12-7-6-11-18(19)21(24)26/h1,3-4,6-7,9-12,16H,2,5,8,13-15H2,(H,22,25). The number of unbranched alkanes of at least 4 members (excludes halogenated alkanes) is 2. The predicted molar refractivity (Wildman–Crippen MR) is 103 cm³/mol. The van der Waals surface area contributed by atoms with Gasteiger partial charge in [0.05, 0.1) is 17.2 Å². The van der Waals surface area contributed by atoms with Gasteiger partial charge in [-0.2, -0.15) is 0 Å². The maximum absolute atomic E-state index is 12.4. The molecule has 5 heteroatoms. The number of nitrogens with one attached hydrogen (secondary N) is 1. The molecule has 1 amide bonds. The van der Waals surface area contributed by atoms with Crippen LogP contribution in [-0.2, 0) is 17.9 Å². The number of hydrogen-bond acceptors (Lipinski definition) is 3. The first-order valence-electron chi connectivity index (χ1n) is 8.99. The first-order chi connectivity index (χ1) is 12.7. The Kier molecular flexibility index (Phi) is 6.14. The summed E-state index contributed by atoms with van der Waals surface area (Å²) >= 11 is 0. The fourth-order valence-electron chi connectivity index (χ4n) is 2.89. The molecule has 0 spiro atoms. The second-order valence-electron chi connectivity index (χ2n) is 6.33. The molecule has 0 bridgehead atoms. The second kappa shape index (κ2) is 8.94. The summed E-state index contributed by atoms with van der Waals surface area (Å²) in [7, 11) is 0. The van der Waals surface area contributed by atoms with E-state index in [1.54, 1.807) is 17.0 Å². The van der Waals surface area contributed by atoms with E-state index >= 15 is 0 Å². The summed E-state index contributed by atoms with van der Waals surface area (Å²) in [5, 5.41) is 3.58. The van der Waals surface area contributed by atoms with Crippen molar-refractivity contribution in [2.24, 2.45) is 0 Å². The Labute approximate surface area is 152 Å². The molecule has 1 aromatic heterocycles. The van der Waals surface area contributed by atoms with Crippen LogP contribution in [0.1, 0.15) is 31.2 Å². The van der Waals surface area contributed by atoms with Crippen molar-refractivity contribution in [3.8, 4) is 0 Å². The van der Waals surface area contributed by atoms with Crippen molar-refractivity contribution in [1.82, 2.24) is 14.9 Å². The number of carbonyl (C=O) groups excluding carboxylic acids is 1. The van der Waals surface area contributed by atoms with Crippen molar-refractivity contribution in [3.63, 3.8) is 0 Å². The minimum Gasteiger partial charge on any atom is -0.352 e. The van der Waals surface area contributed by atoms with Gasteiger partial charge >= 0.3 is 0 Å². The van der Waals surface area contributed by atoms with E-state index < -0.39 is 0 Å². The van der Waals surface area contributed by atoms with Gasteiger partial charge in [-0.15, -0.1) is 0 Å². The lowest BCUT2D eigenvalue weighted by molar-refractivity contribution is -0.121. The van der Waals surface area contributed by atoms with Gasteiger partial charge in [-0.05, 0) is 30.5 Å². The Hall–Kier alpha value is -2.95. The predicted octanol–water partition coefficient (Wildman–Crippen LogP) is 3.27. The maximum atomic E-state index is 12.4. The maximum Gasteiger partial charge on any atom is 0.261 e. The zero-order valence-electron chi connectivity index (χ0n) is 14.7. The molecular formula is C21H23N3O2. The molecule has 5 nitrogen and oxygen atoms in total. The molecule has 0 fully saturated rings. The number of fused-ring (bicyclic) bond motifs is 1. The van der Waals surface area contributed by atoms with Crippen molar-refractivity contribution >= 4 is 16.8 Å². The summed E-state index contributed by atoms with van der Waals surface area (Å²) in [6.07, 6.45) is 4.69. The Morgan fingerprint density at radius 2 is 1.73 bits per heavy atom. The number of nitrogens with zero attached hydrogens (tertiary/aromatic N) is 2. The molecule has 0 saturated carbocycles. The third-order valence-electron chi connectivity index (χ3n) is 4.37. The van der Waals surface area contributed by atoms with Crippen LogP contribution in [-0.4, -0.2) is 15.5 Å². The second-order valence-corrected chi connectivity index (χ2v) is 6.33. The van der Waals surface area contributed by atoms with Crippen LogP contribution in [0.3, 0.4) is 0 Å². The van der Waals surface area contributed by atoms with Gasteiger partial charge in [-0.3, -0.25) is 14.2 Å². The normalized spacial score (nSPS) is 10.8. The zero-order valence-corrected chi connectivity index (χ0v) is 14.7. The monoisotopic (exact) mass is 349 g/mol. The van der Waals surface area contributed by atoms with Crippen LogP contribution in [0.15, 0.2) is 65.7 Å². The summed E-state index contributed by atoms with van der Waals surface area (Å²) in [5.41, 5.74) is 1.82. The summed E-state index contributed by atoms with van der Waals surface area (Å²) in [6.45, 7) is 1.19. The lowest BCUT2D eigenvalue weighted by Gasteiger charge is -2.07. The molecule has 0 unspecified atom stereocenters. The summed E-state index contributed by atoms with van der Waals surface area (Å²) in [5.74, 6) is 0.0680. The molecule has 0 atom stereocenters. The van der Waals surface area contributed by atoms with Crippen LogP contribution in [0.5, 0.6) is 0 Å². The van der Waals surface area contributed by atoms with Crippen LogP contribution < -0.4 is 10.9 Å². The van der Waals surface area contributed by atoms with Crippen molar-refractivity contribution in [2.75, 3.05) is 0 Å². The van der Waals surface area contributed by atoms with Crippen molar-refractivity contribution < 1.29 is 4.79 Å². The van der Waals surface area contributed by atoms with Gasteiger partial charge < -0.3 is 5.32 Å². The van der Waals surface area contributed by atoms with Gasteiger partial charge in [0.1, 0.15) is 0 Å². The van der Waals surface area contributed by atoms with Gasteiger partial charge in [0, 0.05) is 19.5 Å². The van der Waals surface area contributed by atoms with E-state index in [9.17, 15) is 9.59 Å². The molecule has 0 radical (unpaired) electrons. The number of carbonyl (C=O) groups is 1. The number of aromatic nitrogens is 2. The molecule has 2 aromatic carbocycles. The highest BCUT2D eigenvalue weighted by molar-refractivity contribution is 5.77. The van der Waals surface area contributed by atoms with Crippen molar-refractivity contribution in [3.05, 3.63) is 76.8 Å². The van der Waals surface area contributed by atoms with E-state index in [0.717, 1.165) is 30.3 Å². The molecule has 134 valence electrons. The number of amides is 1. The van der Waals surface area contributed by atoms with Crippen LogP contribution in [0.4, 0.5) is 0 Å². The lowest BCUT2D eigenvalue weighted by Crippen LogP contribution is -2.22. The van der Waals surface area contributed by atoms with E-state index in [-0.39, 0.29) is 11.5 Å². The van der Waals surface area contributed by atoms with Gasteiger partial charge in [0.15, 0.2) is 0 Å².